The van der Waals surface area contributed by atoms with Crippen molar-refractivity contribution < 1.29 is 8.81 Å². The van der Waals surface area contributed by atoms with Crippen LogP contribution in [0.1, 0.15) is 0 Å². The molecule has 0 saturated carbocycles. The van der Waals surface area contributed by atoms with E-state index in [1.165, 1.54) is 6.07 Å². The van der Waals surface area contributed by atoms with Crippen molar-refractivity contribution in [3.05, 3.63) is 133 Å². The number of rotatable bonds is 4. The van der Waals surface area contributed by atoms with Gasteiger partial charge in [0.1, 0.15) is 17.0 Å². The average molecular weight is 480 g/mol. The number of fused-ring (bicyclic) bond motifs is 4. The number of hydrogen-bond acceptors (Lipinski definition) is 2. The van der Waals surface area contributed by atoms with E-state index in [1.54, 1.807) is 12.1 Å². The van der Waals surface area contributed by atoms with Crippen molar-refractivity contribution in [2.24, 2.45) is 0 Å². The molecule has 0 bridgehead atoms. The Bertz CT molecular complexity index is 1930. The molecule has 1 aromatic heterocycles. The molecule has 0 aliphatic heterocycles. The first-order valence-electron chi connectivity index (χ1n) is 12.3. The fraction of sp³-hybridized carbons (Fsp3) is 0. The second-order valence-corrected chi connectivity index (χ2v) is 9.23. The quantitative estimate of drug-likeness (QED) is 0.272. The molecule has 0 saturated heterocycles. The lowest BCUT2D eigenvalue weighted by Gasteiger charge is -2.14. The number of anilines is 2. The Kier molecular flexibility index (Phi) is 5.00. The van der Waals surface area contributed by atoms with Crippen LogP contribution >= 0.6 is 0 Å². The minimum atomic E-state index is -0.236. The molecular weight excluding hydrogens is 457 g/mol. The number of nitrogens with one attached hydrogen (secondary N) is 1. The standard InChI is InChI=1S/C34H22FNO/c35-25-11-3-9-23(19-25)28-14-5-7-22-8-6-15-29(34(22)28)24-10-4-12-26(20-24)36-27-17-18-33-31(21-27)30-13-1-2-16-32(30)37-33/h1-21,36H. The van der Waals surface area contributed by atoms with Crippen molar-refractivity contribution in [1.82, 2.24) is 0 Å². The van der Waals surface area contributed by atoms with Crippen LogP contribution < -0.4 is 5.32 Å². The molecule has 0 radical (unpaired) electrons. The van der Waals surface area contributed by atoms with Crippen LogP contribution in [-0.2, 0) is 0 Å². The zero-order valence-electron chi connectivity index (χ0n) is 19.9. The van der Waals surface area contributed by atoms with E-state index in [1.807, 2.05) is 42.5 Å². The molecule has 0 fully saturated rings. The number of hydrogen-bond donors (Lipinski definition) is 1. The lowest BCUT2D eigenvalue weighted by Crippen LogP contribution is -1.91. The van der Waals surface area contributed by atoms with E-state index in [9.17, 15) is 4.39 Å². The Labute approximate surface area is 213 Å². The van der Waals surface area contributed by atoms with E-state index in [0.29, 0.717) is 0 Å². The van der Waals surface area contributed by atoms with Crippen molar-refractivity contribution in [1.29, 1.82) is 0 Å². The van der Waals surface area contributed by atoms with Crippen molar-refractivity contribution in [3.8, 4) is 22.3 Å². The first-order valence-corrected chi connectivity index (χ1v) is 12.3. The van der Waals surface area contributed by atoms with Crippen molar-refractivity contribution in [3.63, 3.8) is 0 Å². The molecule has 0 spiro atoms. The van der Waals surface area contributed by atoms with Crippen LogP contribution in [0.3, 0.4) is 0 Å². The molecule has 3 heteroatoms. The van der Waals surface area contributed by atoms with Gasteiger partial charge in [-0.2, -0.15) is 0 Å². The zero-order chi connectivity index (χ0) is 24.8. The second kappa shape index (κ2) is 8.65. The maximum Gasteiger partial charge on any atom is 0.135 e. The molecule has 7 aromatic rings. The van der Waals surface area contributed by atoms with E-state index >= 15 is 0 Å². The Morgan fingerprint density at radius 1 is 0.514 bits per heavy atom. The highest BCUT2D eigenvalue weighted by Gasteiger charge is 2.12. The lowest BCUT2D eigenvalue weighted by atomic mass is 9.91. The summed E-state index contributed by atoms with van der Waals surface area (Å²) in [6, 6.07) is 42.0. The van der Waals surface area contributed by atoms with E-state index in [0.717, 1.165) is 66.3 Å². The van der Waals surface area contributed by atoms with E-state index in [-0.39, 0.29) is 5.82 Å². The molecule has 6 aromatic carbocycles. The van der Waals surface area contributed by atoms with E-state index < -0.39 is 0 Å². The third-order valence-corrected chi connectivity index (χ3v) is 6.88. The topological polar surface area (TPSA) is 25.2 Å². The van der Waals surface area contributed by atoms with Gasteiger partial charge in [0.15, 0.2) is 0 Å². The molecule has 1 N–H and O–H groups in total. The third kappa shape index (κ3) is 3.82. The SMILES string of the molecule is Fc1cccc(-c2cccc3cccc(-c4cccc(Nc5ccc6oc7ccccc7c6c5)c4)c23)c1. The van der Waals surface area contributed by atoms with Crippen LogP contribution in [-0.4, -0.2) is 0 Å². The summed E-state index contributed by atoms with van der Waals surface area (Å²) < 4.78 is 20.1. The average Bonchev–Trinajstić information content (AvgIpc) is 3.30. The fourth-order valence-corrected chi connectivity index (χ4v) is 5.21. The molecule has 2 nitrogen and oxygen atoms in total. The van der Waals surface area contributed by atoms with Gasteiger partial charge in [-0.3, -0.25) is 0 Å². The summed E-state index contributed by atoms with van der Waals surface area (Å²) in [6.07, 6.45) is 0. The first-order chi connectivity index (χ1) is 18.2. The molecule has 0 aliphatic carbocycles. The van der Waals surface area contributed by atoms with Gasteiger partial charge in [0.05, 0.1) is 0 Å². The molecule has 0 amide bonds. The maximum absolute atomic E-state index is 14.1. The summed E-state index contributed by atoms with van der Waals surface area (Å²) in [5.41, 5.74) is 7.84. The number of halogens is 1. The second-order valence-electron chi connectivity index (χ2n) is 9.23. The Hall–Kier alpha value is -4.89. The van der Waals surface area contributed by atoms with Crippen LogP contribution in [0.2, 0.25) is 0 Å². The highest BCUT2D eigenvalue weighted by Crippen LogP contribution is 2.38. The predicted molar refractivity (Wildman–Crippen MR) is 152 cm³/mol. The number of furan rings is 1. The number of benzene rings is 6. The van der Waals surface area contributed by atoms with Crippen LogP contribution in [0.5, 0.6) is 0 Å². The minimum Gasteiger partial charge on any atom is -0.456 e. The van der Waals surface area contributed by atoms with Gasteiger partial charge in [0.25, 0.3) is 0 Å². The highest BCUT2D eigenvalue weighted by atomic mass is 19.1. The van der Waals surface area contributed by atoms with Gasteiger partial charge in [0.2, 0.25) is 0 Å². The van der Waals surface area contributed by atoms with Gasteiger partial charge in [-0.25, -0.2) is 4.39 Å². The summed E-state index contributed by atoms with van der Waals surface area (Å²) in [5, 5.41) is 8.00. The largest absolute Gasteiger partial charge is 0.456 e. The van der Waals surface area contributed by atoms with Crippen molar-refractivity contribution in [2.45, 2.75) is 0 Å². The van der Waals surface area contributed by atoms with Gasteiger partial charge < -0.3 is 9.73 Å². The highest BCUT2D eigenvalue weighted by molar-refractivity contribution is 6.07. The summed E-state index contributed by atoms with van der Waals surface area (Å²) >= 11 is 0. The molecule has 7 rings (SSSR count). The Morgan fingerprint density at radius 3 is 2.00 bits per heavy atom. The molecule has 37 heavy (non-hydrogen) atoms. The fourth-order valence-electron chi connectivity index (χ4n) is 5.21. The van der Waals surface area contributed by atoms with E-state index in [4.69, 9.17) is 4.42 Å². The van der Waals surface area contributed by atoms with Gasteiger partial charge in [0, 0.05) is 22.1 Å². The van der Waals surface area contributed by atoms with Crippen molar-refractivity contribution in [2.75, 3.05) is 5.32 Å². The van der Waals surface area contributed by atoms with Crippen LogP contribution in [0.25, 0.3) is 55.0 Å². The number of para-hydroxylation sites is 1. The molecule has 1 heterocycles. The predicted octanol–water partition coefficient (Wildman–Crippen LogP) is 9.96. The zero-order valence-corrected chi connectivity index (χ0v) is 19.9. The molecular formula is C34H22FNO. The van der Waals surface area contributed by atoms with Crippen LogP contribution in [0.15, 0.2) is 132 Å². The van der Waals surface area contributed by atoms with Gasteiger partial charge in [-0.15, -0.1) is 0 Å². The summed E-state index contributed by atoms with van der Waals surface area (Å²) in [7, 11) is 0. The Balaban J connectivity index is 1.31. The lowest BCUT2D eigenvalue weighted by molar-refractivity contribution is 0.628. The summed E-state index contributed by atoms with van der Waals surface area (Å²) in [6.45, 7) is 0. The Morgan fingerprint density at radius 2 is 1.19 bits per heavy atom. The maximum atomic E-state index is 14.1. The van der Waals surface area contributed by atoms with Gasteiger partial charge in [-0.05, 0) is 81.6 Å². The van der Waals surface area contributed by atoms with Crippen LogP contribution in [0, 0.1) is 5.82 Å². The first kappa shape index (κ1) is 21.4. The van der Waals surface area contributed by atoms with Crippen LogP contribution in [0.4, 0.5) is 15.8 Å². The van der Waals surface area contributed by atoms with Crippen molar-refractivity contribution >= 4 is 44.1 Å². The van der Waals surface area contributed by atoms with Gasteiger partial charge >= 0.3 is 0 Å². The molecule has 0 unspecified atom stereocenters. The van der Waals surface area contributed by atoms with E-state index in [2.05, 4.69) is 72.0 Å². The minimum absolute atomic E-state index is 0.236. The monoisotopic (exact) mass is 479 g/mol. The van der Waals surface area contributed by atoms with Gasteiger partial charge in [-0.1, -0.05) is 78.9 Å². The molecule has 176 valence electrons. The molecule has 0 aliphatic rings. The smallest absolute Gasteiger partial charge is 0.135 e. The summed E-state index contributed by atoms with van der Waals surface area (Å²) in [4.78, 5) is 0. The molecule has 0 atom stereocenters. The normalized spacial score (nSPS) is 11.4. The third-order valence-electron chi connectivity index (χ3n) is 6.88. The summed E-state index contributed by atoms with van der Waals surface area (Å²) in [5.74, 6) is -0.236.